The van der Waals surface area contributed by atoms with E-state index in [0.717, 1.165) is 17.1 Å². The van der Waals surface area contributed by atoms with Crippen molar-refractivity contribution < 1.29 is 27.8 Å². The van der Waals surface area contributed by atoms with Crippen LogP contribution in [0.2, 0.25) is 5.02 Å². The van der Waals surface area contributed by atoms with Crippen LogP contribution in [0.25, 0.3) is 0 Å². The minimum Gasteiger partial charge on any atom is -0.488 e. The van der Waals surface area contributed by atoms with Gasteiger partial charge in [0.15, 0.2) is 0 Å². The Kier molecular flexibility index (Phi) is 11.1. The van der Waals surface area contributed by atoms with Crippen LogP contribution < -0.4 is 14.2 Å². The molecule has 4 aromatic carbocycles. The predicted octanol–water partition coefficient (Wildman–Crippen LogP) is 6.21. The van der Waals surface area contributed by atoms with E-state index in [4.69, 9.17) is 21.1 Å². The fourth-order valence-corrected chi connectivity index (χ4v) is 6.69. The summed E-state index contributed by atoms with van der Waals surface area (Å²) in [5.74, 6) is 1.79. The maximum absolute atomic E-state index is 13.6. The zero-order valence-electron chi connectivity index (χ0n) is 26.7. The number of benzene rings is 4. The number of aliphatic hydroxyl groups is 1. The van der Waals surface area contributed by atoms with Crippen molar-refractivity contribution in [2.24, 2.45) is 5.92 Å². The van der Waals surface area contributed by atoms with Gasteiger partial charge in [-0.25, -0.2) is 8.42 Å². The summed E-state index contributed by atoms with van der Waals surface area (Å²) in [5.41, 5.74) is 1.96. The Morgan fingerprint density at radius 1 is 1.02 bits per heavy atom. The Hall–Kier alpha value is -4.09. The standard InChI is InChI=1S/C36H40ClN3O6S/c1-25-21-40(26(2)24-41)36(42)20-28-19-30(38-47(43,44)33-16-11-29(37)12-17-33)13-18-34(28)46-35(25)23-39(3)22-27-9-14-32(15-10-27)45-31-7-5-4-6-8-31/h4-19,25-26,35,38,41H,20-24H2,1-3H3/t25-,26+,35-/m1/s1. The third-order valence-electron chi connectivity index (χ3n) is 8.14. The number of nitrogens with one attached hydrogen (secondary N) is 1. The first-order chi connectivity index (χ1) is 22.5. The van der Waals surface area contributed by atoms with Gasteiger partial charge in [-0.3, -0.25) is 14.4 Å². The van der Waals surface area contributed by atoms with Crippen molar-refractivity contribution in [3.8, 4) is 17.2 Å². The molecule has 0 unspecified atom stereocenters. The zero-order valence-corrected chi connectivity index (χ0v) is 28.2. The molecule has 1 aliphatic rings. The van der Waals surface area contributed by atoms with Crippen molar-refractivity contribution in [1.29, 1.82) is 0 Å². The van der Waals surface area contributed by atoms with Crippen LogP contribution in [0.3, 0.4) is 0 Å². The first kappa shape index (κ1) is 34.3. The highest BCUT2D eigenvalue weighted by Crippen LogP contribution is 2.30. The highest BCUT2D eigenvalue weighted by molar-refractivity contribution is 7.92. The molecule has 4 aromatic rings. The molecule has 11 heteroatoms. The number of rotatable bonds is 11. The second kappa shape index (κ2) is 15.2. The molecule has 2 N–H and O–H groups in total. The number of hydrogen-bond acceptors (Lipinski definition) is 7. The van der Waals surface area contributed by atoms with E-state index in [1.165, 1.54) is 24.3 Å². The molecule has 0 spiro atoms. The van der Waals surface area contributed by atoms with Crippen LogP contribution in [0.1, 0.15) is 25.0 Å². The van der Waals surface area contributed by atoms with Crippen LogP contribution in [0.5, 0.6) is 17.2 Å². The number of nitrogens with zero attached hydrogens (tertiary/aromatic N) is 2. The van der Waals surface area contributed by atoms with Crippen molar-refractivity contribution in [3.63, 3.8) is 0 Å². The summed E-state index contributed by atoms with van der Waals surface area (Å²) < 4.78 is 41.3. The number of aliphatic hydroxyl groups excluding tert-OH is 1. The normalized spacial score (nSPS) is 17.6. The van der Waals surface area contributed by atoms with E-state index in [2.05, 4.69) is 9.62 Å². The Balaban J connectivity index is 1.34. The Bertz CT molecular complexity index is 1750. The summed E-state index contributed by atoms with van der Waals surface area (Å²) in [6.07, 6.45) is -0.321. The second-order valence-corrected chi connectivity index (χ2v) is 14.1. The molecule has 0 saturated heterocycles. The number of carbonyl (C=O) groups is 1. The largest absolute Gasteiger partial charge is 0.488 e. The third-order valence-corrected chi connectivity index (χ3v) is 9.79. The van der Waals surface area contributed by atoms with E-state index >= 15 is 0 Å². The van der Waals surface area contributed by atoms with Gasteiger partial charge in [0.25, 0.3) is 10.0 Å². The van der Waals surface area contributed by atoms with Crippen LogP contribution in [0, 0.1) is 5.92 Å². The lowest BCUT2D eigenvalue weighted by atomic mass is 10.0. The number of amides is 1. The molecular formula is C36H40ClN3O6S. The molecule has 0 aliphatic carbocycles. The molecular weight excluding hydrogens is 638 g/mol. The first-order valence-electron chi connectivity index (χ1n) is 15.5. The van der Waals surface area contributed by atoms with Crippen molar-refractivity contribution in [1.82, 2.24) is 9.80 Å². The van der Waals surface area contributed by atoms with Gasteiger partial charge in [-0.15, -0.1) is 0 Å². The van der Waals surface area contributed by atoms with E-state index in [-0.39, 0.29) is 35.9 Å². The topological polar surface area (TPSA) is 108 Å². The SMILES string of the molecule is C[C@@H]1CN([C@@H](C)CO)C(=O)Cc2cc(NS(=O)(=O)c3ccc(Cl)cc3)ccc2O[C@@H]1CN(C)Cc1ccc(Oc2ccccc2)cc1. The number of carbonyl (C=O) groups excluding carboxylic acids is 1. The number of sulfonamides is 1. The lowest BCUT2D eigenvalue weighted by Gasteiger charge is -2.34. The highest BCUT2D eigenvalue weighted by Gasteiger charge is 2.31. The van der Waals surface area contributed by atoms with E-state index < -0.39 is 16.1 Å². The Morgan fingerprint density at radius 2 is 1.70 bits per heavy atom. The van der Waals surface area contributed by atoms with Crippen LogP contribution in [0.4, 0.5) is 5.69 Å². The fraction of sp³-hybridized carbons (Fsp3) is 0.306. The molecule has 1 amide bonds. The van der Waals surface area contributed by atoms with Gasteiger partial charge in [-0.2, -0.15) is 0 Å². The minimum absolute atomic E-state index is 0.0110. The van der Waals surface area contributed by atoms with Crippen molar-refractivity contribution >= 4 is 33.2 Å². The number of ether oxygens (including phenoxy) is 2. The Labute approximate surface area is 281 Å². The van der Waals surface area contributed by atoms with Crippen molar-refractivity contribution in [3.05, 3.63) is 113 Å². The number of hydrogen-bond donors (Lipinski definition) is 2. The summed E-state index contributed by atoms with van der Waals surface area (Å²) in [5, 5.41) is 10.4. The fourth-order valence-electron chi connectivity index (χ4n) is 5.51. The van der Waals surface area contributed by atoms with Gasteiger partial charge in [-0.05, 0) is 86.3 Å². The maximum atomic E-state index is 13.6. The molecule has 0 bridgehead atoms. The highest BCUT2D eigenvalue weighted by atomic mass is 35.5. The van der Waals surface area contributed by atoms with E-state index in [0.29, 0.717) is 41.7 Å². The van der Waals surface area contributed by atoms with Crippen LogP contribution >= 0.6 is 11.6 Å². The number of likely N-dealkylation sites (N-methyl/N-ethyl adjacent to an activating group) is 1. The zero-order chi connectivity index (χ0) is 33.6. The molecule has 248 valence electrons. The van der Waals surface area contributed by atoms with Gasteiger partial charge in [-0.1, -0.05) is 48.9 Å². The van der Waals surface area contributed by atoms with Crippen LogP contribution in [0.15, 0.2) is 102 Å². The molecule has 0 aromatic heterocycles. The molecule has 0 radical (unpaired) electrons. The molecule has 3 atom stereocenters. The lowest BCUT2D eigenvalue weighted by molar-refractivity contribution is -0.134. The van der Waals surface area contributed by atoms with Crippen molar-refractivity contribution in [2.75, 3.05) is 31.5 Å². The quantitative estimate of drug-likeness (QED) is 0.194. The summed E-state index contributed by atoms with van der Waals surface area (Å²) in [6, 6.07) is 28.1. The molecule has 1 aliphatic heterocycles. The molecule has 9 nitrogen and oxygen atoms in total. The molecule has 5 rings (SSSR count). The number of para-hydroxylation sites is 1. The smallest absolute Gasteiger partial charge is 0.261 e. The van der Waals surface area contributed by atoms with Crippen LogP contribution in [-0.4, -0.2) is 68.1 Å². The number of halogens is 1. The molecule has 0 fully saturated rings. The van der Waals surface area contributed by atoms with Crippen molar-refractivity contribution in [2.45, 2.75) is 43.9 Å². The van der Waals surface area contributed by atoms with Gasteiger partial charge in [0, 0.05) is 41.8 Å². The Morgan fingerprint density at radius 3 is 2.38 bits per heavy atom. The predicted molar refractivity (Wildman–Crippen MR) is 184 cm³/mol. The summed E-state index contributed by atoms with van der Waals surface area (Å²) in [7, 11) is -1.88. The van der Waals surface area contributed by atoms with Gasteiger partial charge >= 0.3 is 0 Å². The van der Waals surface area contributed by atoms with Gasteiger partial charge in [0.1, 0.15) is 23.4 Å². The summed E-state index contributed by atoms with van der Waals surface area (Å²) in [6.45, 7) is 5.29. The van der Waals surface area contributed by atoms with E-state index in [9.17, 15) is 18.3 Å². The summed E-state index contributed by atoms with van der Waals surface area (Å²) >= 11 is 5.94. The van der Waals surface area contributed by atoms with Crippen LogP contribution in [-0.2, 0) is 27.8 Å². The van der Waals surface area contributed by atoms with Gasteiger partial charge < -0.3 is 19.5 Å². The lowest BCUT2D eigenvalue weighted by Crippen LogP contribution is -2.47. The van der Waals surface area contributed by atoms with E-state index in [1.54, 1.807) is 23.1 Å². The average molecular weight is 678 g/mol. The molecule has 1 heterocycles. The average Bonchev–Trinajstić information content (AvgIpc) is 3.09. The number of anilines is 1. The number of fused-ring (bicyclic) bond motifs is 1. The van der Waals surface area contributed by atoms with E-state index in [1.807, 2.05) is 75.5 Å². The maximum Gasteiger partial charge on any atom is 0.261 e. The molecule has 0 saturated carbocycles. The second-order valence-electron chi connectivity index (χ2n) is 12.0. The van der Waals surface area contributed by atoms with Gasteiger partial charge in [0.05, 0.1) is 24.0 Å². The molecule has 47 heavy (non-hydrogen) atoms. The summed E-state index contributed by atoms with van der Waals surface area (Å²) in [4.78, 5) is 17.5. The third kappa shape index (κ3) is 9.04. The first-order valence-corrected chi connectivity index (χ1v) is 17.4. The minimum atomic E-state index is -3.90. The van der Waals surface area contributed by atoms with Gasteiger partial charge in [0.2, 0.25) is 5.91 Å². The monoisotopic (exact) mass is 677 g/mol.